The minimum atomic E-state index is -1.38. The zero-order chi connectivity index (χ0) is 58.1. The molecule has 0 spiro atoms. The molecule has 0 bridgehead atoms. The molecule has 0 saturated carbocycles. The lowest BCUT2D eigenvalue weighted by molar-refractivity contribution is -0.383. The summed E-state index contributed by atoms with van der Waals surface area (Å²) >= 11 is 0. The number of nitro benzene ring substituents is 1. The third-order valence-corrected chi connectivity index (χ3v) is 12.8. The second-order valence-electron chi connectivity index (χ2n) is 19.7. The third-order valence-electron chi connectivity index (χ3n) is 12.8. The van der Waals surface area contributed by atoms with Gasteiger partial charge < -0.3 is 52.7 Å². The number of unbranched alkanes of at least 4 members (excludes halogenated alkanes) is 5. The van der Waals surface area contributed by atoms with Crippen LogP contribution in [0.15, 0.2) is 77.9 Å². The van der Waals surface area contributed by atoms with E-state index in [-0.39, 0.29) is 79.7 Å². The van der Waals surface area contributed by atoms with Crippen LogP contribution in [0.25, 0.3) is 10.4 Å². The van der Waals surface area contributed by atoms with Crippen LogP contribution in [0.2, 0.25) is 0 Å². The van der Waals surface area contributed by atoms with E-state index in [1.807, 2.05) is 27.7 Å². The number of carboxylic acids is 1. The monoisotopic (exact) mass is 1100 g/mol. The average molecular weight is 1100 g/mol. The number of phenols is 1. The first-order valence-corrected chi connectivity index (χ1v) is 27.0. The van der Waals surface area contributed by atoms with E-state index in [1.165, 1.54) is 30.3 Å². The number of nitro groups is 1. The van der Waals surface area contributed by atoms with Crippen molar-refractivity contribution in [1.29, 1.82) is 0 Å². The molecule has 6 atom stereocenters. The molecule has 3 aromatic rings. The number of carbonyl (C=O) groups is 8. The molecule has 0 saturated heterocycles. The molecule has 0 aliphatic heterocycles. The number of rotatable bonds is 39. The molecule has 0 aromatic heterocycles. The molecule has 7 amide bonds. The summed E-state index contributed by atoms with van der Waals surface area (Å²) in [6, 6.07) is 11.7. The van der Waals surface area contributed by atoms with Crippen molar-refractivity contribution in [3.05, 3.63) is 104 Å². The predicted octanol–water partition coefficient (Wildman–Crippen LogP) is 6.04. The van der Waals surface area contributed by atoms with Gasteiger partial charge in [0.2, 0.25) is 41.9 Å². The molecule has 0 fully saturated rings. The summed E-state index contributed by atoms with van der Waals surface area (Å²) in [6.45, 7) is 8.21. The van der Waals surface area contributed by atoms with Crippen LogP contribution < -0.4 is 42.5 Å². The molecular formula is C55H78N12O12. The van der Waals surface area contributed by atoms with Gasteiger partial charge in [-0.15, -0.1) is 0 Å². The van der Waals surface area contributed by atoms with Gasteiger partial charge in [-0.3, -0.25) is 43.7 Å². The molecule has 3 rings (SSSR count). The Morgan fingerprint density at radius 2 is 1.19 bits per heavy atom. The smallest absolute Gasteiger partial charge is 0.326 e. The van der Waals surface area contributed by atoms with Crippen LogP contribution in [0.3, 0.4) is 0 Å². The van der Waals surface area contributed by atoms with Crippen LogP contribution in [-0.4, -0.2) is 112 Å². The van der Waals surface area contributed by atoms with E-state index in [1.54, 1.807) is 42.5 Å². The van der Waals surface area contributed by atoms with Crippen molar-refractivity contribution in [3.8, 4) is 5.75 Å². The Kier molecular flexibility index (Phi) is 29.6. The molecule has 24 nitrogen and oxygen atoms in total. The lowest BCUT2D eigenvalue weighted by atomic mass is 9.99. The quantitative estimate of drug-likeness (QED) is 0.00593. The number of hydrogen-bond donors (Lipinski definition) is 10. The Bertz CT molecular complexity index is 2510. The van der Waals surface area contributed by atoms with Gasteiger partial charge >= 0.3 is 5.97 Å². The van der Waals surface area contributed by atoms with Gasteiger partial charge in [-0.25, -0.2) is 4.79 Å². The zero-order valence-corrected chi connectivity index (χ0v) is 45.5. The fraction of sp³-hybridized carbons (Fsp3) is 0.527. The number of carbonyl (C=O) groups excluding carboxylic acids is 7. The van der Waals surface area contributed by atoms with E-state index in [0.29, 0.717) is 81.9 Å². The van der Waals surface area contributed by atoms with Crippen molar-refractivity contribution in [2.75, 3.05) is 18.4 Å². The third kappa shape index (κ3) is 24.7. The number of azide groups is 1. The van der Waals surface area contributed by atoms with Crippen molar-refractivity contribution in [2.24, 2.45) is 11.0 Å². The van der Waals surface area contributed by atoms with Crippen molar-refractivity contribution in [3.63, 3.8) is 0 Å². The minimum absolute atomic E-state index is 0.00180. The Hall–Kier alpha value is -8.27. The van der Waals surface area contributed by atoms with Crippen LogP contribution in [0, 0.1) is 16.0 Å². The van der Waals surface area contributed by atoms with Crippen LogP contribution >= 0.6 is 0 Å². The molecule has 79 heavy (non-hydrogen) atoms. The number of aliphatic carboxylic acids is 1. The summed E-state index contributed by atoms with van der Waals surface area (Å²) in [5.74, 6) is -5.16. The Morgan fingerprint density at radius 3 is 1.77 bits per heavy atom. The van der Waals surface area contributed by atoms with Crippen LogP contribution in [0.1, 0.15) is 129 Å². The predicted molar refractivity (Wildman–Crippen MR) is 296 cm³/mol. The SMILES string of the molecule is CCCCC(NC=O)C(=O)NC(CC(C)C)C(=O)NC(Cc1ccccc1)C(=O)NC(CCCC)C(=O)NC(Cc1ccc(O)cc1)C(=O)NC(CCCCNC(=O)CCCCCNc1ccc(N=[N+]=[N-])cc1[N+](=O)[O-])C(=O)O. The van der Waals surface area contributed by atoms with E-state index in [9.17, 15) is 58.7 Å². The van der Waals surface area contributed by atoms with Gasteiger partial charge in [0, 0.05) is 49.0 Å². The zero-order valence-electron chi connectivity index (χ0n) is 45.5. The number of nitrogens with zero attached hydrogens (tertiary/aromatic N) is 4. The fourth-order valence-corrected chi connectivity index (χ4v) is 8.45. The summed E-state index contributed by atoms with van der Waals surface area (Å²) in [7, 11) is 0. The second kappa shape index (κ2) is 35.9. The van der Waals surface area contributed by atoms with Gasteiger partial charge in [-0.2, -0.15) is 0 Å². The summed E-state index contributed by atoms with van der Waals surface area (Å²) in [5.41, 5.74) is 9.97. The van der Waals surface area contributed by atoms with Crippen LogP contribution in [0.4, 0.5) is 17.1 Å². The number of hydrogen-bond acceptors (Lipinski definition) is 13. The van der Waals surface area contributed by atoms with Crippen molar-refractivity contribution < 1.29 is 53.5 Å². The van der Waals surface area contributed by atoms with E-state index < -0.39 is 76.7 Å². The van der Waals surface area contributed by atoms with Gasteiger partial charge in [-0.1, -0.05) is 113 Å². The van der Waals surface area contributed by atoms with E-state index in [4.69, 9.17) is 5.53 Å². The summed E-state index contributed by atoms with van der Waals surface area (Å²) < 4.78 is 0. The largest absolute Gasteiger partial charge is 0.508 e. The molecular weight excluding hydrogens is 1020 g/mol. The number of anilines is 1. The van der Waals surface area contributed by atoms with Crippen molar-refractivity contribution in [1.82, 2.24) is 37.2 Å². The lowest BCUT2D eigenvalue weighted by Gasteiger charge is -2.28. The first-order valence-electron chi connectivity index (χ1n) is 27.0. The van der Waals surface area contributed by atoms with Crippen LogP contribution in [-0.2, 0) is 51.2 Å². The number of phenolic OH excluding ortho intramolecular Hbond substituents is 1. The minimum Gasteiger partial charge on any atom is -0.508 e. The molecule has 430 valence electrons. The second-order valence-corrected chi connectivity index (χ2v) is 19.7. The molecule has 0 aliphatic carbocycles. The van der Waals surface area contributed by atoms with Gasteiger partial charge in [0.15, 0.2) is 0 Å². The highest BCUT2D eigenvalue weighted by atomic mass is 16.6. The standard InChI is InChI=1S/C55H78N12O12/c1-5-7-19-42(59-35-68)50(71)62-45(31-36(3)4)52(73)64-46(32-37-17-11-9-12-18-37)53(74)60-43(20-8-6-2)51(72)63-47(33-38-23-26-40(69)27-24-38)54(75)61-44(55(76)77)21-14-16-30-58-49(70)22-13-10-15-29-57-41-28-25-39(65-66-56)34-48(41)67(78)79/h9,11-12,17-18,23-28,34-36,42-47,57,69H,5-8,10,13-16,19-22,29-33H2,1-4H3,(H,58,70)(H,59,68)(H,60,74)(H,61,75)(H,62,71)(H,63,72)(H,64,73)(H,76,77). The summed E-state index contributed by atoms with van der Waals surface area (Å²) in [4.78, 5) is 120. The summed E-state index contributed by atoms with van der Waals surface area (Å²) in [5, 5.41) is 56.9. The first kappa shape index (κ1) is 65.0. The average Bonchev–Trinajstić information content (AvgIpc) is 3.42. The van der Waals surface area contributed by atoms with E-state index >= 15 is 0 Å². The van der Waals surface area contributed by atoms with Crippen molar-refractivity contribution in [2.45, 2.75) is 167 Å². The Morgan fingerprint density at radius 1 is 0.658 bits per heavy atom. The van der Waals surface area contributed by atoms with E-state index in [0.717, 1.165) is 6.42 Å². The number of nitrogens with one attached hydrogen (secondary N) is 8. The number of amides is 7. The molecule has 6 unspecified atom stereocenters. The van der Waals surface area contributed by atoms with Crippen LogP contribution in [0.5, 0.6) is 5.75 Å². The molecule has 10 N–H and O–H groups in total. The number of carboxylic acid groups (broad SMARTS) is 1. The highest BCUT2D eigenvalue weighted by Crippen LogP contribution is 2.29. The molecule has 0 aliphatic rings. The van der Waals surface area contributed by atoms with Gasteiger partial charge in [0.1, 0.15) is 47.7 Å². The first-order chi connectivity index (χ1) is 37.9. The van der Waals surface area contributed by atoms with Gasteiger partial charge in [-0.05, 0) is 92.1 Å². The van der Waals surface area contributed by atoms with Gasteiger partial charge in [0.05, 0.1) is 4.92 Å². The summed E-state index contributed by atoms with van der Waals surface area (Å²) in [6.07, 6.45) is 6.18. The Labute approximate surface area is 460 Å². The maximum absolute atomic E-state index is 14.4. The molecule has 3 aromatic carbocycles. The molecule has 0 heterocycles. The fourth-order valence-electron chi connectivity index (χ4n) is 8.45. The number of benzene rings is 3. The number of aromatic hydroxyl groups is 1. The normalized spacial score (nSPS) is 13.1. The maximum atomic E-state index is 14.4. The van der Waals surface area contributed by atoms with Crippen molar-refractivity contribution >= 4 is 64.9 Å². The molecule has 24 heteroatoms. The van der Waals surface area contributed by atoms with Gasteiger partial charge in [0.25, 0.3) is 5.69 Å². The highest BCUT2D eigenvalue weighted by molar-refractivity contribution is 5.96. The maximum Gasteiger partial charge on any atom is 0.326 e. The Balaban J connectivity index is 1.68. The van der Waals surface area contributed by atoms with E-state index in [2.05, 4.69) is 52.6 Å². The topological polar surface area (TPSA) is 365 Å². The highest BCUT2D eigenvalue weighted by Gasteiger charge is 2.34. The lowest BCUT2D eigenvalue weighted by Crippen LogP contribution is -2.60. The molecule has 0 radical (unpaired) electrons.